The minimum Gasteiger partial charge on any atom is -0.490 e. The van der Waals surface area contributed by atoms with E-state index in [1.165, 1.54) is 13.8 Å². The van der Waals surface area contributed by atoms with Gasteiger partial charge in [0, 0.05) is 18.3 Å². The maximum absolute atomic E-state index is 11.5. The van der Waals surface area contributed by atoms with Gasteiger partial charge in [0.15, 0.2) is 22.9 Å². The van der Waals surface area contributed by atoms with Crippen molar-refractivity contribution in [2.45, 2.75) is 45.3 Å². The lowest BCUT2D eigenvalue weighted by Gasteiger charge is -2.33. The average molecular weight is 571 g/mol. The lowest BCUT2D eigenvalue weighted by atomic mass is 10.1. The topological polar surface area (TPSA) is 132 Å². The Morgan fingerprint density at radius 1 is 1.10 bits per heavy atom. The van der Waals surface area contributed by atoms with E-state index < -0.39 is 11.6 Å². The van der Waals surface area contributed by atoms with Crippen molar-refractivity contribution in [1.29, 1.82) is 0 Å². The summed E-state index contributed by atoms with van der Waals surface area (Å²) in [4.78, 5) is 31.8. The Hall–Kier alpha value is -4.93. The van der Waals surface area contributed by atoms with Gasteiger partial charge in [0.25, 0.3) is 0 Å². The highest BCUT2D eigenvalue weighted by Gasteiger charge is 2.29. The van der Waals surface area contributed by atoms with E-state index in [9.17, 15) is 9.90 Å². The molecule has 1 unspecified atom stereocenters. The lowest BCUT2D eigenvalue weighted by Crippen LogP contribution is -2.41. The van der Waals surface area contributed by atoms with Gasteiger partial charge in [-0.1, -0.05) is 24.3 Å². The number of ether oxygens (including phenoxy) is 3. The summed E-state index contributed by atoms with van der Waals surface area (Å²) in [5.41, 5.74) is 0.0256. The number of benzene rings is 2. The minimum absolute atomic E-state index is 0.0143. The normalized spacial score (nSPS) is 15.1. The van der Waals surface area contributed by atoms with E-state index in [1.54, 1.807) is 42.9 Å². The summed E-state index contributed by atoms with van der Waals surface area (Å²) >= 11 is 0. The molecule has 2 aromatic carbocycles. The second kappa shape index (κ2) is 12.7. The maximum atomic E-state index is 11.5. The largest absolute Gasteiger partial charge is 0.490 e. The molecule has 5 rings (SSSR count). The number of para-hydroxylation sites is 2. The van der Waals surface area contributed by atoms with E-state index >= 15 is 0 Å². The zero-order valence-corrected chi connectivity index (χ0v) is 23.9. The highest BCUT2D eigenvalue weighted by molar-refractivity contribution is 5.77. The van der Waals surface area contributed by atoms with Crippen LogP contribution in [0.3, 0.4) is 0 Å². The first-order valence-corrected chi connectivity index (χ1v) is 13.9. The van der Waals surface area contributed by atoms with E-state index in [2.05, 4.69) is 25.2 Å². The van der Waals surface area contributed by atoms with Gasteiger partial charge in [-0.3, -0.25) is 4.98 Å². The molecule has 0 amide bonds. The van der Waals surface area contributed by atoms with E-state index in [1.807, 2.05) is 37.3 Å². The second-order valence-corrected chi connectivity index (χ2v) is 10.3. The molecular formula is C31H34N6O5. The Kier molecular flexibility index (Phi) is 8.66. The monoisotopic (exact) mass is 570 g/mol. The van der Waals surface area contributed by atoms with Gasteiger partial charge in [0.1, 0.15) is 17.7 Å². The third-order valence-electron chi connectivity index (χ3n) is 6.68. The zero-order valence-electron chi connectivity index (χ0n) is 23.9. The molecule has 1 saturated heterocycles. The van der Waals surface area contributed by atoms with E-state index in [4.69, 9.17) is 19.2 Å². The predicted octanol–water partition coefficient (Wildman–Crippen LogP) is 5.37. The van der Waals surface area contributed by atoms with Gasteiger partial charge in [-0.25, -0.2) is 19.7 Å². The van der Waals surface area contributed by atoms with Gasteiger partial charge in [-0.15, -0.1) is 0 Å². The molecule has 11 nitrogen and oxygen atoms in total. The molecule has 0 saturated carbocycles. The SMILES string of the molecule is CCOc1ccccc1OC1CCCN(c2cncc(Nc3nccc(-c4cccc(OC(C)(C)C(=O)O)c4)n3)n2)C1. The van der Waals surface area contributed by atoms with E-state index in [0.29, 0.717) is 36.4 Å². The van der Waals surface area contributed by atoms with Gasteiger partial charge in [-0.05, 0) is 63.9 Å². The van der Waals surface area contributed by atoms with Crippen LogP contribution in [0.1, 0.15) is 33.6 Å². The molecule has 1 fully saturated rings. The Labute approximate surface area is 244 Å². The van der Waals surface area contributed by atoms with Crippen LogP contribution in [-0.4, -0.2) is 62.4 Å². The van der Waals surface area contributed by atoms with Crippen molar-refractivity contribution in [2.24, 2.45) is 0 Å². The summed E-state index contributed by atoms with van der Waals surface area (Å²) in [5, 5.41) is 12.5. The Balaban J connectivity index is 1.27. The van der Waals surface area contributed by atoms with Crippen LogP contribution in [-0.2, 0) is 4.79 Å². The van der Waals surface area contributed by atoms with Crippen LogP contribution in [0.25, 0.3) is 11.3 Å². The van der Waals surface area contributed by atoms with Gasteiger partial charge in [0.05, 0.1) is 31.2 Å². The third kappa shape index (κ3) is 7.03. The van der Waals surface area contributed by atoms with Crippen molar-refractivity contribution in [3.05, 3.63) is 73.2 Å². The Bertz CT molecular complexity index is 1530. The summed E-state index contributed by atoms with van der Waals surface area (Å²) in [7, 11) is 0. The molecule has 0 spiro atoms. The zero-order chi connectivity index (χ0) is 29.5. The maximum Gasteiger partial charge on any atom is 0.347 e. The van der Waals surface area contributed by atoms with E-state index in [-0.39, 0.29) is 6.10 Å². The van der Waals surface area contributed by atoms with Gasteiger partial charge in [0.2, 0.25) is 5.95 Å². The fraction of sp³-hybridized carbons (Fsp3) is 0.323. The van der Waals surface area contributed by atoms with Crippen molar-refractivity contribution >= 4 is 23.6 Å². The fourth-order valence-electron chi connectivity index (χ4n) is 4.56. The number of hydrogen-bond donors (Lipinski definition) is 2. The number of carboxylic acids is 1. The van der Waals surface area contributed by atoms with Crippen molar-refractivity contribution < 1.29 is 24.1 Å². The first-order valence-electron chi connectivity index (χ1n) is 13.9. The molecule has 42 heavy (non-hydrogen) atoms. The molecule has 4 aromatic rings. The van der Waals surface area contributed by atoms with Gasteiger partial charge >= 0.3 is 5.97 Å². The molecule has 1 aliphatic rings. The molecule has 3 heterocycles. The van der Waals surface area contributed by atoms with Crippen LogP contribution < -0.4 is 24.4 Å². The van der Waals surface area contributed by atoms with E-state index in [0.717, 1.165) is 42.3 Å². The van der Waals surface area contributed by atoms with Crippen molar-refractivity contribution in [2.75, 3.05) is 29.9 Å². The minimum atomic E-state index is -1.37. The number of nitrogens with zero attached hydrogens (tertiary/aromatic N) is 5. The molecule has 218 valence electrons. The van der Waals surface area contributed by atoms with Crippen LogP contribution in [0.4, 0.5) is 17.6 Å². The molecule has 0 radical (unpaired) electrons. The number of aliphatic carboxylic acids is 1. The molecule has 2 aromatic heterocycles. The van der Waals surface area contributed by atoms with Crippen LogP contribution >= 0.6 is 0 Å². The summed E-state index contributed by atoms with van der Waals surface area (Å²) in [5.74, 6) is 2.45. The quantitative estimate of drug-likeness (QED) is 0.241. The number of anilines is 3. The number of aromatic nitrogens is 4. The summed E-state index contributed by atoms with van der Waals surface area (Å²) < 4.78 is 17.7. The van der Waals surface area contributed by atoms with Gasteiger partial charge < -0.3 is 29.5 Å². The second-order valence-electron chi connectivity index (χ2n) is 10.3. The highest BCUT2D eigenvalue weighted by Crippen LogP contribution is 2.30. The first-order chi connectivity index (χ1) is 20.3. The molecule has 1 atom stereocenters. The van der Waals surface area contributed by atoms with Crippen LogP contribution in [0.2, 0.25) is 0 Å². The third-order valence-corrected chi connectivity index (χ3v) is 6.68. The average Bonchev–Trinajstić information content (AvgIpc) is 2.99. The molecule has 2 N–H and O–H groups in total. The number of nitrogens with one attached hydrogen (secondary N) is 1. The fourth-order valence-corrected chi connectivity index (χ4v) is 4.56. The molecule has 0 aliphatic carbocycles. The van der Waals surface area contributed by atoms with Crippen LogP contribution in [0, 0.1) is 0 Å². The Morgan fingerprint density at radius 3 is 2.74 bits per heavy atom. The number of piperidine rings is 1. The number of carbonyl (C=O) groups is 1. The van der Waals surface area contributed by atoms with Crippen molar-refractivity contribution in [3.8, 4) is 28.5 Å². The molecule has 11 heteroatoms. The number of rotatable bonds is 11. The Morgan fingerprint density at radius 2 is 1.93 bits per heavy atom. The smallest absolute Gasteiger partial charge is 0.347 e. The first kappa shape index (κ1) is 28.6. The molecule has 0 bridgehead atoms. The predicted molar refractivity (Wildman–Crippen MR) is 159 cm³/mol. The molecular weight excluding hydrogens is 536 g/mol. The van der Waals surface area contributed by atoms with Crippen LogP contribution in [0.15, 0.2) is 73.2 Å². The summed E-state index contributed by atoms with van der Waals surface area (Å²) in [6.45, 7) is 7.05. The van der Waals surface area contributed by atoms with Crippen molar-refractivity contribution in [3.63, 3.8) is 0 Å². The highest BCUT2D eigenvalue weighted by atomic mass is 16.5. The van der Waals surface area contributed by atoms with Crippen LogP contribution in [0.5, 0.6) is 17.2 Å². The molecule has 1 aliphatic heterocycles. The standard InChI is InChI=1S/C31H34N6O5/c1-4-40-25-12-5-6-13-26(25)41-23-11-8-16-37(20-23)28-19-32-18-27(35-28)36-30-33-15-14-24(34-30)21-9-7-10-22(17-21)42-31(2,3)29(38)39/h5-7,9-10,12-15,17-19,23H,4,8,11,16,20H2,1-3H3,(H,38,39)(H,33,34,35,36). The summed E-state index contributed by atoms with van der Waals surface area (Å²) in [6.07, 6.45) is 6.88. The van der Waals surface area contributed by atoms with Gasteiger partial charge in [-0.2, -0.15) is 0 Å². The summed E-state index contributed by atoms with van der Waals surface area (Å²) in [6, 6.07) is 16.6. The number of hydrogen-bond acceptors (Lipinski definition) is 10. The van der Waals surface area contributed by atoms with Crippen molar-refractivity contribution in [1.82, 2.24) is 19.9 Å². The number of carboxylic acid groups (broad SMARTS) is 1. The lowest BCUT2D eigenvalue weighted by molar-refractivity contribution is -0.152.